The number of hydrogen-bond acceptors (Lipinski definition) is 7. The van der Waals surface area contributed by atoms with Gasteiger partial charge in [-0.15, -0.1) is 22.7 Å². The van der Waals surface area contributed by atoms with Crippen LogP contribution in [0, 0.1) is 0 Å². The number of carbonyl (C=O) groups is 1. The number of nitrogens with zero attached hydrogens (tertiary/aromatic N) is 4. The molecule has 1 amide bonds. The van der Waals surface area contributed by atoms with Gasteiger partial charge in [-0.1, -0.05) is 6.07 Å². The van der Waals surface area contributed by atoms with Gasteiger partial charge in [0.05, 0.1) is 17.7 Å². The van der Waals surface area contributed by atoms with E-state index in [9.17, 15) is 4.79 Å². The molecule has 0 N–H and O–H groups in total. The summed E-state index contributed by atoms with van der Waals surface area (Å²) in [5.74, 6) is 0.849. The zero-order chi connectivity index (χ0) is 21.6. The van der Waals surface area contributed by atoms with Crippen molar-refractivity contribution in [2.45, 2.75) is 6.42 Å². The van der Waals surface area contributed by atoms with Crippen LogP contribution in [-0.4, -0.2) is 74.1 Å². The largest absolute Gasteiger partial charge is 0.497 e. The van der Waals surface area contributed by atoms with E-state index in [1.54, 1.807) is 7.11 Å². The Bertz CT molecular complexity index is 964. The summed E-state index contributed by atoms with van der Waals surface area (Å²) in [7, 11) is 3.83. The molecule has 0 radical (unpaired) electrons. The Hall–Kier alpha value is -2.26. The minimum atomic E-state index is 0.0315. The van der Waals surface area contributed by atoms with Gasteiger partial charge in [0.25, 0.3) is 5.91 Å². The van der Waals surface area contributed by atoms with Crippen molar-refractivity contribution in [3.05, 3.63) is 52.0 Å². The van der Waals surface area contributed by atoms with Gasteiger partial charge in [0.15, 0.2) is 5.13 Å². The van der Waals surface area contributed by atoms with E-state index in [0.717, 1.165) is 66.2 Å². The highest BCUT2D eigenvalue weighted by molar-refractivity contribution is 7.14. The first-order valence-electron chi connectivity index (χ1n) is 10.5. The highest BCUT2D eigenvalue weighted by Gasteiger charge is 2.22. The van der Waals surface area contributed by atoms with Crippen molar-refractivity contribution >= 4 is 33.7 Å². The van der Waals surface area contributed by atoms with Crippen molar-refractivity contribution in [2.24, 2.45) is 0 Å². The molecule has 0 saturated carbocycles. The lowest BCUT2D eigenvalue weighted by molar-refractivity contribution is 0.0988. The number of anilines is 1. The average molecular weight is 457 g/mol. The molecular formula is C23H28N4O2S2. The van der Waals surface area contributed by atoms with Crippen LogP contribution in [0.3, 0.4) is 0 Å². The Kier molecular flexibility index (Phi) is 7.34. The molecule has 4 rings (SSSR count). The Morgan fingerprint density at radius 2 is 1.90 bits per heavy atom. The van der Waals surface area contributed by atoms with Crippen LogP contribution in [0.25, 0.3) is 11.3 Å². The number of carbonyl (C=O) groups excluding carboxylic acids is 1. The fraction of sp³-hybridized carbons (Fsp3) is 0.391. The van der Waals surface area contributed by atoms with Gasteiger partial charge in [0.1, 0.15) is 5.75 Å². The number of thiazole rings is 1. The third kappa shape index (κ3) is 5.51. The van der Waals surface area contributed by atoms with Gasteiger partial charge in [0, 0.05) is 43.7 Å². The Morgan fingerprint density at radius 1 is 1.13 bits per heavy atom. The number of thiophene rings is 1. The molecule has 31 heavy (non-hydrogen) atoms. The Morgan fingerprint density at radius 3 is 2.58 bits per heavy atom. The van der Waals surface area contributed by atoms with Crippen molar-refractivity contribution in [2.75, 3.05) is 58.3 Å². The molecule has 1 fully saturated rings. The molecule has 0 atom stereocenters. The Labute approximate surface area is 191 Å². The van der Waals surface area contributed by atoms with E-state index in [0.29, 0.717) is 6.54 Å². The van der Waals surface area contributed by atoms with Crippen molar-refractivity contribution in [3.63, 3.8) is 0 Å². The Balaban J connectivity index is 1.47. The highest BCUT2D eigenvalue weighted by Crippen LogP contribution is 2.30. The number of likely N-dealkylation sites (N-methyl/N-ethyl adjacent to an activating group) is 1. The molecule has 0 spiro atoms. The SMILES string of the molecule is COc1ccc(-c2csc(N(CCCN3CCN(C)CC3)C(=O)c3cccs3)n2)cc1. The number of benzene rings is 1. The normalized spacial score (nSPS) is 15.2. The third-order valence-corrected chi connectivity index (χ3v) is 7.26. The summed E-state index contributed by atoms with van der Waals surface area (Å²) >= 11 is 3.00. The highest BCUT2D eigenvalue weighted by atomic mass is 32.1. The van der Waals surface area contributed by atoms with Crippen LogP contribution in [0.4, 0.5) is 5.13 Å². The number of aromatic nitrogens is 1. The second kappa shape index (κ2) is 10.4. The average Bonchev–Trinajstić information content (AvgIpc) is 3.50. The van der Waals surface area contributed by atoms with E-state index in [2.05, 4.69) is 16.8 Å². The van der Waals surface area contributed by atoms with Crippen molar-refractivity contribution in [1.82, 2.24) is 14.8 Å². The van der Waals surface area contributed by atoms with Gasteiger partial charge in [-0.05, 0) is 55.7 Å². The molecule has 3 aromatic rings. The van der Waals surface area contributed by atoms with Gasteiger partial charge in [-0.2, -0.15) is 0 Å². The van der Waals surface area contributed by atoms with Crippen LogP contribution < -0.4 is 9.64 Å². The maximum atomic E-state index is 13.2. The minimum Gasteiger partial charge on any atom is -0.497 e. The molecule has 0 aliphatic carbocycles. The lowest BCUT2D eigenvalue weighted by atomic mass is 10.2. The molecule has 3 heterocycles. The molecule has 1 aliphatic heterocycles. The lowest BCUT2D eigenvalue weighted by Crippen LogP contribution is -2.45. The molecule has 2 aromatic heterocycles. The van der Waals surface area contributed by atoms with E-state index >= 15 is 0 Å². The summed E-state index contributed by atoms with van der Waals surface area (Å²) in [5.41, 5.74) is 1.90. The topological polar surface area (TPSA) is 48.9 Å². The number of methoxy groups -OCH3 is 1. The summed E-state index contributed by atoms with van der Waals surface area (Å²) in [4.78, 5) is 25.5. The van der Waals surface area contributed by atoms with E-state index in [1.807, 2.05) is 52.1 Å². The standard InChI is InChI=1S/C23H28N4O2S2/c1-25-12-14-26(15-13-25)10-4-11-27(22(28)21-5-3-16-30-21)23-24-20(17-31-23)18-6-8-19(29-2)9-7-18/h3,5-9,16-17H,4,10-15H2,1-2H3. The van der Waals surface area contributed by atoms with Crippen LogP contribution in [0.15, 0.2) is 47.2 Å². The van der Waals surface area contributed by atoms with Gasteiger partial charge in [-0.3, -0.25) is 9.69 Å². The van der Waals surface area contributed by atoms with E-state index in [4.69, 9.17) is 9.72 Å². The monoisotopic (exact) mass is 456 g/mol. The van der Waals surface area contributed by atoms with E-state index < -0.39 is 0 Å². The summed E-state index contributed by atoms with van der Waals surface area (Å²) in [6.45, 7) is 6.06. The number of amides is 1. The molecule has 1 saturated heterocycles. The maximum absolute atomic E-state index is 13.2. The van der Waals surface area contributed by atoms with Crippen LogP contribution in [0.5, 0.6) is 5.75 Å². The first-order chi connectivity index (χ1) is 15.1. The quantitative estimate of drug-likeness (QED) is 0.509. The van der Waals surface area contributed by atoms with E-state index in [1.165, 1.54) is 22.7 Å². The first kappa shape index (κ1) is 22.0. The van der Waals surface area contributed by atoms with Gasteiger partial charge in [-0.25, -0.2) is 4.98 Å². The summed E-state index contributed by atoms with van der Waals surface area (Å²) in [5, 5.41) is 4.72. The van der Waals surface area contributed by atoms with E-state index in [-0.39, 0.29) is 5.91 Å². The number of piperazine rings is 1. The predicted molar refractivity (Wildman–Crippen MR) is 129 cm³/mol. The first-order valence-corrected chi connectivity index (χ1v) is 12.3. The van der Waals surface area contributed by atoms with Crippen molar-refractivity contribution in [1.29, 1.82) is 0 Å². The second-order valence-electron chi connectivity index (χ2n) is 7.68. The molecule has 1 aliphatic rings. The van der Waals surface area contributed by atoms with Crippen LogP contribution in [0.1, 0.15) is 16.1 Å². The van der Waals surface area contributed by atoms with Crippen LogP contribution in [0.2, 0.25) is 0 Å². The van der Waals surface area contributed by atoms with Crippen LogP contribution in [-0.2, 0) is 0 Å². The number of rotatable bonds is 8. The third-order valence-electron chi connectivity index (χ3n) is 5.54. The zero-order valence-electron chi connectivity index (χ0n) is 18.0. The second-order valence-corrected chi connectivity index (χ2v) is 9.46. The summed E-state index contributed by atoms with van der Waals surface area (Å²) in [6, 6.07) is 11.7. The predicted octanol–water partition coefficient (Wildman–Crippen LogP) is 4.16. The fourth-order valence-corrected chi connectivity index (χ4v) is 5.15. The van der Waals surface area contributed by atoms with Gasteiger partial charge < -0.3 is 14.5 Å². The molecule has 0 bridgehead atoms. The number of hydrogen-bond donors (Lipinski definition) is 0. The lowest BCUT2D eigenvalue weighted by Gasteiger charge is -2.32. The zero-order valence-corrected chi connectivity index (χ0v) is 19.6. The maximum Gasteiger partial charge on any atom is 0.270 e. The molecule has 8 heteroatoms. The van der Waals surface area contributed by atoms with Gasteiger partial charge in [0.2, 0.25) is 0 Å². The minimum absolute atomic E-state index is 0.0315. The molecule has 0 unspecified atom stereocenters. The molecule has 164 valence electrons. The van der Waals surface area contributed by atoms with Gasteiger partial charge >= 0.3 is 0 Å². The fourth-order valence-electron chi connectivity index (χ4n) is 3.62. The summed E-state index contributed by atoms with van der Waals surface area (Å²) in [6.07, 6.45) is 0.929. The molecule has 6 nitrogen and oxygen atoms in total. The smallest absolute Gasteiger partial charge is 0.270 e. The molecular weight excluding hydrogens is 428 g/mol. The number of ether oxygens (including phenoxy) is 1. The summed E-state index contributed by atoms with van der Waals surface area (Å²) < 4.78 is 5.25. The van der Waals surface area contributed by atoms with Crippen molar-refractivity contribution in [3.8, 4) is 17.0 Å². The molecule has 1 aromatic carbocycles. The van der Waals surface area contributed by atoms with Crippen LogP contribution >= 0.6 is 22.7 Å². The van der Waals surface area contributed by atoms with Crippen molar-refractivity contribution < 1.29 is 9.53 Å².